The number of benzene rings is 4. The molecule has 10 heteroatoms. The first-order valence-electron chi connectivity index (χ1n) is 10.7. The maximum atomic E-state index is 10.7. The summed E-state index contributed by atoms with van der Waals surface area (Å²) < 4.78 is 0. The maximum absolute atomic E-state index is 10.7. The van der Waals surface area contributed by atoms with E-state index in [4.69, 9.17) is 0 Å². The van der Waals surface area contributed by atoms with Gasteiger partial charge in [-0.2, -0.15) is 10.2 Å². The third kappa shape index (κ3) is 6.58. The predicted molar refractivity (Wildman–Crippen MR) is 138 cm³/mol. The molecule has 4 rings (SSSR count). The number of non-ortho nitro benzene ring substituents is 2. The molecule has 10 nitrogen and oxygen atoms in total. The Morgan fingerprint density at radius 1 is 0.472 bits per heavy atom. The highest BCUT2D eigenvalue weighted by Gasteiger charge is 2.03. The number of nitro benzene ring substituents is 2. The van der Waals surface area contributed by atoms with Gasteiger partial charge in [0.1, 0.15) is 0 Å². The summed E-state index contributed by atoms with van der Waals surface area (Å²) in [5.74, 6) is 0. The van der Waals surface area contributed by atoms with Crippen LogP contribution in [0.25, 0.3) is 0 Å². The van der Waals surface area contributed by atoms with Crippen molar-refractivity contribution in [1.82, 2.24) is 0 Å². The molecule has 0 bridgehead atoms. The second kappa shape index (κ2) is 11.2. The SMILES string of the molecule is O=[N+]([O-])c1ccc(C=Nc2ccc(N=Nc3ccc(N=Cc4ccc([N+](=O)[O-])cc4)cc3)cc2)cc1. The van der Waals surface area contributed by atoms with Gasteiger partial charge in [0, 0.05) is 36.7 Å². The molecule has 0 aliphatic rings. The molecular weight excluding hydrogens is 460 g/mol. The van der Waals surface area contributed by atoms with Crippen molar-refractivity contribution in [2.75, 3.05) is 0 Å². The number of nitrogens with zero attached hydrogens (tertiary/aromatic N) is 6. The summed E-state index contributed by atoms with van der Waals surface area (Å²) in [6, 6.07) is 26.6. The van der Waals surface area contributed by atoms with E-state index in [1.165, 1.54) is 24.3 Å². The first-order valence-corrected chi connectivity index (χ1v) is 10.7. The van der Waals surface area contributed by atoms with Crippen LogP contribution in [0.1, 0.15) is 11.1 Å². The van der Waals surface area contributed by atoms with Crippen molar-refractivity contribution in [3.63, 3.8) is 0 Å². The number of rotatable bonds is 8. The summed E-state index contributed by atoms with van der Waals surface area (Å²) in [6.45, 7) is 0. The first kappa shape index (κ1) is 23.8. The summed E-state index contributed by atoms with van der Waals surface area (Å²) >= 11 is 0. The number of aliphatic imine (C=N–C) groups is 2. The topological polar surface area (TPSA) is 136 Å². The van der Waals surface area contributed by atoms with Crippen LogP contribution in [0.5, 0.6) is 0 Å². The van der Waals surface area contributed by atoms with Crippen molar-refractivity contribution >= 4 is 46.6 Å². The van der Waals surface area contributed by atoms with Gasteiger partial charge in [0.2, 0.25) is 0 Å². The van der Waals surface area contributed by atoms with Crippen molar-refractivity contribution in [2.24, 2.45) is 20.2 Å². The van der Waals surface area contributed by atoms with Crippen molar-refractivity contribution < 1.29 is 9.85 Å². The lowest BCUT2D eigenvalue weighted by molar-refractivity contribution is -0.385. The second-order valence-corrected chi connectivity index (χ2v) is 7.45. The number of azo groups is 1. The van der Waals surface area contributed by atoms with Crippen LogP contribution in [0.15, 0.2) is 117 Å². The Balaban J connectivity index is 1.33. The highest BCUT2D eigenvalue weighted by molar-refractivity contribution is 5.83. The molecule has 4 aromatic carbocycles. The van der Waals surface area contributed by atoms with Crippen molar-refractivity contribution in [2.45, 2.75) is 0 Å². The van der Waals surface area contributed by atoms with Gasteiger partial charge in [-0.05, 0) is 83.9 Å². The van der Waals surface area contributed by atoms with Crippen LogP contribution in [0.2, 0.25) is 0 Å². The van der Waals surface area contributed by atoms with Gasteiger partial charge in [0.05, 0.1) is 32.6 Å². The van der Waals surface area contributed by atoms with E-state index in [0.29, 0.717) is 22.7 Å². The largest absolute Gasteiger partial charge is 0.269 e. The smallest absolute Gasteiger partial charge is 0.258 e. The Morgan fingerprint density at radius 3 is 1.08 bits per heavy atom. The van der Waals surface area contributed by atoms with E-state index >= 15 is 0 Å². The molecule has 0 radical (unpaired) electrons. The molecule has 0 aromatic heterocycles. The Morgan fingerprint density at radius 2 is 0.778 bits per heavy atom. The minimum Gasteiger partial charge on any atom is -0.258 e. The van der Waals surface area contributed by atoms with Gasteiger partial charge in [-0.1, -0.05) is 0 Å². The third-order valence-corrected chi connectivity index (χ3v) is 4.91. The average Bonchev–Trinajstić information content (AvgIpc) is 2.91. The van der Waals surface area contributed by atoms with E-state index in [0.717, 1.165) is 11.1 Å². The fourth-order valence-corrected chi connectivity index (χ4v) is 2.99. The molecular formula is C26H18N6O4. The molecule has 0 aliphatic carbocycles. The molecule has 4 aromatic rings. The summed E-state index contributed by atoms with van der Waals surface area (Å²) in [4.78, 5) is 29.3. The Hall–Kier alpha value is -5.38. The quantitative estimate of drug-likeness (QED) is 0.113. The molecule has 0 heterocycles. The zero-order valence-electron chi connectivity index (χ0n) is 18.7. The molecule has 0 amide bonds. The molecule has 0 unspecified atom stereocenters. The van der Waals surface area contributed by atoms with Crippen LogP contribution in [-0.2, 0) is 0 Å². The van der Waals surface area contributed by atoms with E-state index in [1.807, 2.05) is 0 Å². The average molecular weight is 478 g/mol. The lowest BCUT2D eigenvalue weighted by Crippen LogP contribution is -1.88. The van der Waals surface area contributed by atoms with Crippen LogP contribution in [0, 0.1) is 20.2 Å². The van der Waals surface area contributed by atoms with Crippen molar-refractivity contribution in [3.05, 3.63) is 128 Å². The number of hydrogen-bond donors (Lipinski definition) is 0. The minimum absolute atomic E-state index is 0.0338. The molecule has 0 fully saturated rings. The normalized spacial score (nSPS) is 11.4. The van der Waals surface area contributed by atoms with Crippen molar-refractivity contribution in [1.29, 1.82) is 0 Å². The zero-order chi connectivity index (χ0) is 25.3. The Bertz CT molecular complexity index is 1330. The summed E-state index contributed by atoms with van der Waals surface area (Å²) in [6.07, 6.45) is 3.26. The molecule has 176 valence electrons. The Labute approximate surface area is 205 Å². The number of nitro groups is 2. The lowest BCUT2D eigenvalue weighted by atomic mass is 10.2. The fraction of sp³-hybridized carbons (Fsp3) is 0. The molecule has 36 heavy (non-hydrogen) atoms. The van der Waals surface area contributed by atoms with Gasteiger partial charge in [0.25, 0.3) is 11.4 Å². The Kier molecular flexibility index (Phi) is 7.37. The fourth-order valence-electron chi connectivity index (χ4n) is 2.99. The minimum atomic E-state index is -0.443. The highest BCUT2D eigenvalue weighted by atomic mass is 16.6. The molecule has 0 saturated heterocycles. The molecule has 0 atom stereocenters. The lowest BCUT2D eigenvalue weighted by Gasteiger charge is -1.98. The van der Waals surface area contributed by atoms with E-state index in [1.54, 1.807) is 85.2 Å². The summed E-state index contributed by atoms with van der Waals surface area (Å²) in [5.41, 5.74) is 4.31. The highest BCUT2D eigenvalue weighted by Crippen LogP contribution is 2.24. The summed E-state index contributed by atoms with van der Waals surface area (Å²) in [5, 5.41) is 29.9. The van der Waals surface area contributed by atoms with Crippen molar-refractivity contribution in [3.8, 4) is 0 Å². The molecule has 0 spiro atoms. The third-order valence-electron chi connectivity index (χ3n) is 4.91. The van der Waals surface area contributed by atoms with Gasteiger partial charge in [0.15, 0.2) is 0 Å². The summed E-state index contributed by atoms with van der Waals surface area (Å²) in [7, 11) is 0. The van der Waals surface area contributed by atoms with Crippen LogP contribution in [-0.4, -0.2) is 22.3 Å². The monoisotopic (exact) mass is 478 g/mol. The zero-order valence-corrected chi connectivity index (χ0v) is 18.7. The molecule has 0 aliphatic heterocycles. The van der Waals surface area contributed by atoms with Gasteiger partial charge < -0.3 is 0 Å². The van der Waals surface area contributed by atoms with E-state index < -0.39 is 9.85 Å². The van der Waals surface area contributed by atoms with Gasteiger partial charge >= 0.3 is 0 Å². The van der Waals surface area contributed by atoms with Gasteiger partial charge in [-0.3, -0.25) is 30.2 Å². The maximum Gasteiger partial charge on any atom is 0.269 e. The van der Waals surface area contributed by atoms with E-state index in [9.17, 15) is 20.2 Å². The number of hydrogen-bond acceptors (Lipinski definition) is 8. The van der Waals surface area contributed by atoms with Gasteiger partial charge in [-0.25, -0.2) is 0 Å². The molecule has 0 N–H and O–H groups in total. The second-order valence-electron chi connectivity index (χ2n) is 7.45. The standard InChI is InChI=1S/C26H18N6O4/c33-31(34)25-13-1-19(2-14-25)17-27-21-5-9-23(10-6-21)29-30-24-11-7-22(8-12-24)28-18-20-3-15-26(16-4-20)32(35)36/h1-18H. The van der Waals surface area contributed by atoms with Crippen LogP contribution >= 0.6 is 0 Å². The molecule has 0 saturated carbocycles. The van der Waals surface area contributed by atoms with E-state index in [-0.39, 0.29) is 11.4 Å². The van der Waals surface area contributed by atoms with Gasteiger partial charge in [-0.15, -0.1) is 0 Å². The first-order chi connectivity index (χ1) is 17.5. The van der Waals surface area contributed by atoms with Crippen LogP contribution < -0.4 is 0 Å². The van der Waals surface area contributed by atoms with Crippen LogP contribution in [0.4, 0.5) is 34.1 Å². The van der Waals surface area contributed by atoms with E-state index in [2.05, 4.69) is 20.2 Å². The predicted octanol–water partition coefficient (Wildman–Crippen LogP) is 7.42. The van der Waals surface area contributed by atoms with Crippen LogP contribution in [0.3, 0.4) is 0 Å².